The third-order valence-corrected chi connectivity index (χ3v) is 3.34. The van der Waals surface area contributed by atoms with Gasteiger partial charge in [0.1, 0.15) is 0 Å². The largest absolute Gasteiger partial charge is 0.326 e. The Morgan fingerprint density at radius 2 is 1.90 bits per heavy atom. The summed E-state index contributed by atoms with van der Waals surface area (Å²) < 4.78 is 0. The van der Waals surface area contributed by atoms with E-state index >= 15 is 0 Å². The van der Waals surface area contributed by atoms with Crippen LogP contribution in [0.3, 0.4) is 0 Å². The minimum absolute atomic E-state index is 0.114. The quantitative estimate of drug-likeness (QED) is 0.853. The first-order chi connectivity index (χ1) is 10.0. The summed E-state index contributed by atoms with van der Waals surface area (Å²) in [6.45, 7) is 3.39. The number of thiazole rings is 1. The zero-order chi connectivity index (χ0) is 15.2. The smallest absolute Gasteiger partial charge is 0.250 e. The van der Waals surface area contributed by atoms with E-state index in [2.05, 4.69) is 15.6 Å². The summed E-state index contributed by atoms with van der Waals surface area (Å²) in [6, 6.07) is 7.21. The monoisotopic (exact) mass is 301 g/mol. The van der Waals surface area contributed by atoms with Crippen LogP contribution in [0.4, 0.5) is 10.8 Å². The lowest BCUT2D eigenvalue weighted by Gasteiger charge is -2.01. The SMILES string of the molecule is CC(=O)Nc1ccc(/C=C/C(=O)Nc2ncc(C)s2)cc1. The van der Waals surface area contributed by atoms with Gasteiger partial charge in [0, 0.05) is 29.8 Å². The van der Waals surface area contributed by atoms with Gasteiger partial charge < -0.3 is 5.32 Å². The molecule has 0 aliphatic carbocycles. The molecule has 21 heavy (non-hydrogen) atoms. The number of rotatable bonds is 4. The van der Waals surface area contributed by atoms with Crippen molar-refractivity contribution in [2.75, 3.05) is 10.6 Å². The highest BCUT2D eigenvalue weighted by Gasteiger charge is 2.01. The van der Waals surface area contributed by atoms with Gasteiger partial charge in [0.2, 0.25) is 11.8 Å². The van der Waals surface area contributed by atoms with E-state index < -0.39 is 0 Å². The van der Waals surface area contributed by atoms with Crippen molar-refractivity contribution >= 4 is 40.0 Å². The van der Waals surface area contributed by atoms with Crippen LogP contribution in [-0.2, 0) is 9.59 Å². The molecule has 2 aromatic rings. The molecule has 1 heterocycles. The van der Waals surface area contributed by atoms with E-state index in [0.29, 0.717) is 5.13 Å². The van der Waals surface area contributed by atoms with Crippen molar-refractivity contribution < 1.29 is 9.59 Å². The number of benzene rings is 1. The van der Waals surface area contributed by atoms with E-state index in [1.54, 1.807) is 24.4 Å². The molecule has 0 atom stereocenters. The lowest BCUT2D eigenvalue weighted by Crippen LogP contribution is -2.07. The predicted octanol–water partition coefficient (Wildman–Crippen LogP) is 3.06. The fraction of sp³-hybridized carbons (Fsp3) is 0.133. The second kappa shape index (κ2) is 6.81. The van der Waals surface area contributed by atoms with Gasteiger partial charge in [0.25, 0.3) is 0 Å². The van der Waals surface area contributed by atoms with Crippen LogP contribution in [0.1, 0.15) is 17.4 Å². The van der Waals surface area contributed by atoms with E-state index in [4.69, 9.17) is 0 Å². The molecule has 0 aliphatic heterocycles. The molecule has 0 radical (unpaired) electrons. The Kier molecular flexibility index (Phi) is 4.84. The van der Waals surface area contributed by atoms with Crippen LogP contribution in [0.25, 0.3) is 6.08 Å². The first-order valence-electron chi connectivity index (χ1n) is 6.32. The summed E-state index contributed by atoms with van der Waals surface area (Å²) in [7, 11) is 0. The third kappa shape index (κ3) is 4.85. The van der Waals surface area contributed by atoms with Crippen LogP contribution >= 0.6 is 11.3 Å². The first-order valence-corrected chi connectivity index (χ1v) is 7.14. The summed E-state index contributed by atoms with van der Waals surface area (Å²) in [6.07, 6.45) is 4.86. The highest BCUT2D eigenvalue weighted by atomic mass is 32.1. The molecule has 0 bridgehead atoms. The van der Waals surface area contributed by atoms with Crippen molar-refractivity contribution in [1.82, 2.24) is 4.98 Å². The van der Waals surface area contributed by atoms with Crippen LogP contribution < -0.4 is 10.6 Å². The average Bonchev–Trinajstić information content (AvgIpc) is 2.83. The number of hydrogen-bond donors (Lipinski definition) is 2. The number of carbonyl (C=O) groups excluding carboxylic acids is 2. The molecular formula is C15H15N3O2S. The van der Waals surface area contributed by atoms with Crippen molar-refractivity contribution in [3.8, 4) is 0 Å². The second-order valence-corrected chi connectivity index (χ2v) is 5.64. The Morgan fingerprint density at radius 3 is 2.48 bits per heavy atom. The highest BCUT2D eigenvalue weighted by Crippen LogP contribution is 2.16. The molecule has 2 amide bonds. The molecule has 0 unspecified atom stereocenters. The van der Waals surface area contributed by atoms with Gasteiger partial charge in [-0.25, -0.2) is 4.98 Å². The van der Waals surface area contributed by atoms with Gasteiger partial charge in [-0.3, -0.25) is 14.9 Å². The third-order valence-electron chi connectivity index (χ3n) is 2.51. The number of nitrogens with one attached hydrogen (secondary N) is 2. The van der Waals surface area contributed by atoms with E-state index in [-0.39, 0.29) is 11.8 Å². The zero-order valence-electron chi connectivity index (χ0n) is 11.7. The molecule has 0 saturated carbocycles. The molecule has 6 heteroatoms. The molecular weight excluding hydrogens is 286 g/mol. The van der Waals surface area contributed by atoms with Crippen LogP contribution in [0.15, 0.2) is 36.5 Å². The van der Waals surface area contributed by atoms with E-state index in [9.17, 15) is 9.59 Å². The number of nitrogens with zero attached hydrogens (tertiary/aromatic N) is 1. The maximum absolute atomic E-state index is 11.7. The van der Waals surface area contributed by atoms with Crippen molar-refractivity contribution in [2.45, 2.75) is 13.8 Å². The van der Waals surface area contributed by atoms with Crippen LogP contribution in [-0.4, -0.2) is 16.8 Å². The fourth-order valence-corrected chi connectivity index (χ4v) is 2.28. The van der Waals surface area contributed by atoms with Crippen LogP contribution in [0.5, 0.6) is 0 Å². The molecule has 0 spiro atoms. The highest BCUT2D eigenvalue weighted by molar-refractivity contribution is 7.15. The van der Waals surface area contributed by atoms with E-state index in [1.165, 1.54) is 24.3 Å². The van der Waals surface area contributed by atoms with Gasteiger partial charge in [-0.15, -0.1) is 11.3 Å². The molecule has 0 aliphatic rings. The molecule has 1 aromatic carbocycles. The summed E-state index contributed by atoms with van der Waals surface area (Å²) in [5.74, 6) is -0.341. The first kappa shape index (κ1) is 14.9. The predicted molar refractivity (Wildman–Crippen MR) is 85.3 cm³/mol. The lowest BCUT2D eigenvalue weighted by atomic mass is 10.2. The number of carbonyl (C=O) groups is 2. The van der Waals surface area contributed by atoms with Crippen LogP contribution in [0, 0.1) is 6.92 Å². The molecule has 0 saturated heterocycles. The molecule has 2 N–H and O–H groups in total. The van der Waals surface area contributed by atoms with Gasteiger partial charge in [-0.2, -0.15) is 0 Å². The number of anilines is 2. The Bertz CT molecular complexity index is 674. The number of amides is 2. The number of aryl methyl sites for hydroxylation is 1. The van der Waals surface area contributed by atoms with E-state index in [0.717, 1.165) is 16.1 Å². The Hall–Kier alpha value is -2.47. The Balaban J connectivity index is 1.94. The van der Waals surface area contributed by atoms with Crippen molar-refractivity contribution in [1.29, 1.82) is 0 Å². The van der Waals surface area contributed by atoms with Crippen molar-refractivity contribution in [3.63, 3.8) is 0 Å². The Labute approximate surface area is 126 Å². The fourth-order valence-electron chi connectivity index (χ4n) is 1.61. The summed E-state index contributed by atoms with van der Waals surface area (Å²) in [5.41, 5.74) is 1.59. The maximum Gasteiger partial charge on any atom is 0.250 e. The minimum Gasteiger partial charge on any atom is -0.326 e. The topological polar surface area (TPSA) is 71.1 Å². The zero-order valence-corrected chi connectivity index (χ0v) is 12.5. The van der Waals surface area contributed by atoms with Gasteiger partial charge in [-0.1, -0.05) is 12.1 Å². The molecule has 5 nitrogen and oxygen atoms in total. The Morgan fingerprint density at radius 1 is 1.19 bits per heavy atom. The summed E-state index contributed by atoms with van der Waals surface area (Å²) >= 11 is 1.43. The van der Waals surface area contributed by atoms with Crippen molar-refractivity contribution in [2.24, 2.45) is 0 Å². The van der Waals surface area contributed by atoms with Gasteiger partial charge in [0.05, 0.1) is 0 Å². The molecule has 2 rings (SSSR count). The molecule has 0 fully saturated rings. The maximum atomic E-state index is 11.7. The summed E-state index contributed by atoms with van der Waals surface area (Å²) in [4.78, 5) is 27.7. The average molecular weight is 301 g/mol. The second-order valence-electron chi connectivity index (χ2n) is 4.40. The normalized spacial score (nSPS) is 10.6. The van der Waals surface area contributed by atoms with E-state index in [1.807, 2.05) is 19.1 Å². The van der Waals surface area contributed by atoms with Crippen LogP contribution in [0.2, 0.25) is 0 Å². The van der Waals surface area contributed by atoms with Gasteiger partial charge >= 0.3 is 0 Å². The van der Waals surface area contributed by atoms with Gasteiger partial charge in [0.15, 0.2) is 5.13 Å². The lowest BCUT2D eigenvalue weighted by molar-refractivity contribution is -0.114. The van der Waals surface area contributed by atoms with Gasteiger partial charge in [-0.05, 0) is 30.7 Å². The number of aromatic nitrogens is 1. The standard InChI is InChI=1S/C15H15N3O2S/c1-10-9-16-15(21-10)18-14(20)8-5-12-3-6-13(7-4-12)17-11(2)19/h3-9H,1-2H3,(H,17,19)(H,16,18,20)/b8-5+. The summed E-state index contributed by atoms with van der Waals surface area (Å²) in [5, 5.41) is 5.96. The molecule has 1 aromatic heterocycles. The number of hydrogen-bond acceptors (Lipinski definition) is 4. The minimum atomic E-state index is -0.227. The molecule has 108 valence electrons. The van der Waals surface area contributed by atoms with Crippen molar-refractivity contribution in [3.05, 3.63) is 47.0 Å².